The molecule has 0 saturated carbocycles. The van der Waals surface area contributed by atoms with Gasteiger partial charge >= 0.3 is 0 Å². The number of rotatable bonds is 4. The molecule has 1 aromatic heterocycles. The molecule has 5 heterocycles. The number of fused-ring (bicyclic) bond motifs is 2. The van der Waals surface area contributed by atoms with Gasteiger partial charge < -0.3 is 19.4 Å². The standard InChI is InChI=1S/C31H36ClF2N5O3/c1-4-24(40)37-15-16-38-20(17-37)18-42-28-25(30(38)41)29(35-27(26(28)32)21-7-5-6-8-22(21)34)39-14-11-23(31(39,2)3)36-12-9-19(33)10-13-36/h4-8,19-20,23H,1,9-18H2,2-3H3. The van der Waals surface area contributed by atoms with Gasteiger partial charge in [-0.05, 0) is 51.3 Å². The Balaban J connectivity index is 1.45. The van der Waals surface area contributed by atoms with Crippen LogP contribution in [0.3, 0.4) is 0 Å². The topological polar surface area (TPSA) is 69.2 Å². The zero-order chi connectivity index (χ0) is 29.8. The van der Waals surface area contributed by atoms with Crippen LogP contribution in [0.4, 0.5) is 14.6 Å². The van der Waals surface area contributed by atoms with Gasteiger partial charge in [0, 0.05) is 50.9 Å². The molecular weight excluding hydrogens is 564 g/mol. The zero-order valence-electron chi connectivity index (χ0n) is 24.0. The van der Waals surface area contributed by atoms with Gasteiger partial charge in [0.25, 0.3) is 5.91 Å². The fraction of sp³-hybridized carbons (Fsp3) is 0.516. The van der Waals surface area contributed by atoms with Crippen LogP contribution in [0, 0.1) is 5.82 Å². The summed E-state index contributed by atoms with van der Waals surface area (Å²) < 4.78 is 35.4. The first kappa shape index (κ1) is 28.9. The predicted octanol–water partition coefficient (Wildman–Crippen LogP) is 4.56. The van der Waals surface area contributed by atoms with Crippen molar-refractivity contribution in [3.05, 3.63) is 53.3 Å². The first-order valence-electron chi connectivity index (χ1n) is 14.6. The number of benzene rings is 1. The Kier molecular flexibility index (Phi) is 7.64. The lowest BCUT2D eigenvalue weighted by Crippen LogP contribution is -2.57. The number of piperazine rings is 1. The average molecular weight is 600 g/mol. The van der Waals surface area contributed by atoms with Crippen LogP contribution in [0.5, 0.6) is 5.75 Å². The molecule has 2 aromatic rings. The molecule has 8 nitrogen and oxygen atoms in total. The molecule has 3 fully saturated rings. The molecule has 0 radical (unpaired) electrons. The number of carbonyl (C=O) groups is 2. The van der Waals surface area contributed by atoms with Gasteiger partial charge in [-0.2, -0.15) is 0 Å². The fourth-order valence-corrected chi connectivity index (χ4v) is 7.36. The minimum Gasteiger partial charge on any atom is -0.489 e. The predicted molar refractivity (Wildman–Crippen MR) is 157 cm³/mol. The molecule has 0 bridgehead atoms. The second-order valence-electron chi connectivity index (χ2n) is 12.1. The molecule has 4 aliphatic rings. The Labute approximate surface area is 249 Å². The second-order valence-corrected chi connectivity index (χ2v) is 12.4. The van der Waals surface area contributed by atoms with E-state index in [1.54, 1.807) is 28.0 Å². The normalized spacial score (nSPS) is 24.6. The summed E-state index contributed by atoms with van der Waals surface area (Å²) in [6, 6.07) is 5.98. The number of alkyl halides is 1. The van der Waals surface area contributed by atoms with E-state index in [9.17, 15) is 14.0 Å². The van der Waals surface area contributed by atoms with Crippen LogP contribution in [0.2, 0.25) is 5.02 Å². The number of hydrogen-bond acceptors (Lipinski definition) is 6. The number of hydrogen-bond donors (Lipinski definition) is 0. The summed E-state index contributed by atoms with van der Waals surface area (Å²) in [5, 5.41) is 0.0737. The number of anilines is 1. The van der Waals surface area contributed by atoms with E-state index in [0.717, 1.165) is 6.42 Å². The highest BCUT2D eigenvalue weighted by atomic mass is 35.5. The molecule has 11 heteroatoms. The third-order valence-electron chi connectivity index (χ3n) is 9.36. The summed E-state index contributed by atoms with van der Waals surface area (Å²) in [4.78, 5) is 39.5. The Morgan fingerprint density at radius 1 is 1.14 bits per heavy atom. The number of ether oxygens (including phenoxy) is 1. The Hall–Kier alpha value is -3.24. The third-order valence-corrected chi connectivity index (χ3v) is 9.71. The van der Waals surface area contributed by atoms with Crippen molar-refractivity contribution in [3.63, 3.8) is 0 Å². The van der Waals surface area contributed by atoms with Crippen molar-refractivity contribution in [2.45, 2.75) is 56.9 Å². The van der Waals surface area contributed by atoms with E-state index in [1.165, 1.54) is 12.1 Å². The average Bonchev–Trinajstić information content (AvgIpc) is 3.21. The lowest BCUT2D eigenvalue weighted by molar-refractivity contribution is -0.128. The number of piperidine rings is 1. The molecule has 42 heavy (non-hydrogen) atoms. The summed E-state index contributed by atoms with van der Waals surface area (Å²) in [6.07, 6.45) is 2.31. The van der Waals surface area contributed by atoms with E-state index < -0.39 is 23.6 Å². The molecule has 2 amide bonds. The van der Waals surface area contributed by atoms with Gasteiger partial charge in [0.2, 0.25) is 5.91 Å². The first-order chi connectivity index (χ1) is 20.1. The molecule has 1 aromatic carbocycles. The van der Waals surface area contributed by atoms with Crippen molar-refractivity contribution in [1.29, 1.82) is 0 Å². The molecular formula is C31H36ClF2N5O3. The smallest absolute Gasteiger partial charge is 0.261 e. The van der Waals surface area contributed by atoms with Gasteiger partial charge in [0.1, 0.15) is 35.0 Å². The van der Waals surface area contributed by atoms with Crippen molar-refractivity contribution in [2.24, 2.45) is 0 Å². The number of pyridine rings is 1. The Morgan fingerprint density at radius 2 is 1.88 bits per heavy atom. The van der Waals surface area contributed by atoms with E-state index >= 15 is 4.39 Å². The third kappa shape index (κ3) is 4.82. The minimum atomic E-state index is -0.774. The van der Waals surface area contributed by atoms with Crippen LogP contribution >= 0.6 is 11.6 Å². The number of halogens is 3. The molecule has 2 atom stereocenters. The quantitative estimate of drug-likeness (QED) is 0.480. The number of nitrogens with zero attached hydrogens (tertiary/aromatic N) is 5. The van der Waals surface area contributed by atoms with Crippen molar-refractivity contribution >= 4 is 29.2 Å². The summed E-state index contributed by atoms with van der Waals surface area (Å²) in [5.74, 6) is -0.386. The van der Waals surface area contributed by atoms with Crippen molar-refractivity contribution < 1.29 is 23.1 Å². The maximum atomic E-state index is 15.1. The summed E-state index contributed by atoms with van der Waals surface area (Å²) in [6.45, 7) is 10.9. The van der Waals surface area contributed by atoms with Crippen molar-refractivity contribution in [1.82, 2.24) is 19.7 Å². The van der Waals surface area contributed by atoms with Gasteiger partial charge in [0.05, 0.1) is 17.3 Å². The van der Waals surface area contributed by atoms with E-state index in [2.05, 4.69) is 30.2 Å². The van der Waals surface area contributed by atoms with Crippen LogP contribution in [0.25, 0.3) is 11.3 Å². The highest BCUT2D eigenvalue weighted by molar-refractivity contribution is 6.35. The number of amides is 2. The lowest BCUT2D eigenvalue weighted by atomic mass is 9.91. The SMILES string of the molecule is C=CC(=O)N1CCN2C(=O)c3c(N4CCC(N5CCC(F)CC5)C4(C)C)nc(-c4ccccc4F)c(Cl)c3OCC2C1. The van der Waals surface area contributed by atoms with Crippen LogP contribution in [-0.2, 0) is 4.79 Å². The van der Waals surface area contributed by atoms with Gasteiger partial charge in [-0.15, -0.1) is 0 Å². The summed E-state index contributed by atoms with van der Waals surface area (Å²) in [7, 11) is 0. The van der Waals surface area contributed by atoms with Crippen LogP contribution in [-0.4, -0.2) is 101 Å². The van der Waals surface area contributed by atoms with Gasteiger partial charge in [-0.25, -0.2) is 13.8 Å². The van der Waals surface area contributed by atoms with E-state index in [-0.39, 0.29) is 52.1 Å². The maximum absolute atomic E-state index is 15.1. The van der Waals surface area contributed by atoms with Crippen LogP contribution in [0.1, 0.15) is 43.5 Å². The molecule has 0 aliphatic carbocycles. The largest absolute Gasteiger partial charge is 0.489 e. The van der Waals surface area contributed by atoms with Gasteiger partial charge in [-0.3, -0.25) is 14.5 Å². The zero-order valence-corrected chi connectivity index (χ0v) is 24.7. The van der Waals surface area contributed by atoms with E-state index in [4.69, 9.17) is 21.3 Å². The molecule has 0 spiro atoms. The fourth-order valence-electron chi connectivity index (χ4n) is 7.06. The monoisotopic (exact) mass is 599 g/mol. The van der Waals surface area contributed by atoms with E-state index in [1.807, 2.05) is 0 Å². The molecule has 4 aliphatic heterocycles. The number of likely N-dealkylation sites (tertiary alicyclic amines) is 1. The second kappa shape index (κ2) is 11.1. The maximum Gasteiger partial charge on any atom is 0.261 e. The van der Waals surface area contributed by atoms with Crippen molar-refractivity contribution in [2.75, 3.05) is 50.8 Å². The molecule has 0 N–H and O–H groups in total. The number of aromatic nitrogens is 1. The summed E-state index contributed by atoms with van der Waals surface area (Å²) >= 11 is 6.92. The Morgan fingerprint density at radius 3 is 2.60 bits per heavy atom. The summed E-state index contributed by atoms with van der Waals surface area (Å²) in [5.41, 5.74) is 0.191. The van der Waals surface area contributed by atoms with Gasteiger partial charge in [-0.1, -0.05) is 30.3 Å². The highest BCUT2D eigenvalue weighted by Crippen LogP contribution is 2.47. The van der Waals surface area contributed by atoms with Crippen LogP contribution in [0.15, 0.2) is 36.9 Å². The Bertz CT molecular complexity index is 1410. The molecule has 6 rings (SSSR count). The lowest BCUT2D eigenvalue weighted by Gasteiger charge is -2.44. The van der Waals surface area contributed by atoms with Crippen LogP contribution < -0.4 is 9.64 Å². The molecule has 2 unspecified atom stereocenters. The molecule has 224 valence electrons. The minimum absolute atomic E-state index is 0.0737. The highest BCUT2D eigenvalue weighted by Gasteiger charge is 2.49. The van der Waals surface area contributed by atoms with Crippen molar-refractivity contribution in [3.8, 4) is 17.0 Å². The number of carbonyl (C=O) groups excluding carboxylic acids is 2. The van der Waals surface area contributed by atoms with Gasteiger partial charge in [0.15, 0.2) is 5.75 Å². The molecule has 3 saturated heterocycles. The first-order valence-corrected chi connectivity index (χ1v) is 15.0. The van der Waals surface area contributed by atoms with E-state index in [0.29, 0.717) is 57.9 Å².